The van der Waals surface area contributed by atoms with E-state index in [2.05, 4.69) is 24.1 Å². The predicted molar refractivity (Wildman–Crippen MR) is 70.7 cm³/mol. The van der Waals surface area contributed by atoms with Crippen LogP contribution < -0.4 is 11.1 Å². The third kappa shape index (κ3) is 3.96. The molecule has 2 atom stereocenters. The molecule has 0 aliphatic heterocycles. The van der Waals surface area contributed by atoms with Gasteiger partial charge in [0.05, 0.1) is 5.54 Å². The SMILES string of the molecule is CCN(CC1CC1)C(C)CC(C)(NC)C(N)=O. The zero-order chi connectivity index (χ0) is 13.1. The second-order valence-corrected chi connectivity index (χ2v) is 5.53. The molecule has 1 aliphatic carbocycles. The lowest BCUT2D eigenvalue weighted by molar-refractivity contribution is -0.124. The number of likely N-dealkylation sites (N-methyl/N-ethyl adjacent to an activating group) is 1. The Hall–Kier alpha value is -0.610. The van der Waals surface area contributed by atoms with E-state index in [-0.39, 0.29) is 5.91 Å². The normalized spacial score (nSPS) is 21.2. The number of hydrogen-bond donors (Lipinski definition) is 2. The average Bonchev–Trinajstić information content (AvgIpc) is 3.08. The minimum Gasteiger partial charge on any atom is -0.368 e. The van der Waals surface area contributed by atoms with Crippen molar-refractivity contribution < 1.29 is 4.79 Å². The molecule has 4 heteroatoms. The average molecular weight is 241 g/mol. The molecule has 100 valence electrons. The highest BCUT2D eigenvalue weighted by molar-refractivity contribution is 5.84. The van der Waals surface area contributed by atoms with E-state index in [1.165, 1.54) is 12.8 Å². The molecule has 0 spiro atoms. The fraction of sp³-hybridized carbons (Fsp3) is 0.923. The van der Waals surface area contributed by atoms with Gasteiger partial charge in [-0.1, -0.05) is 6.92 Å². The standard InChI is InChI=1S/C13H27N3O/c1-5-16(9-11-6-7-11)10(2)8-13(3,15-4)12(14)17/h10-11,15H,5-9H2,1-4H3,(H2,14,17). The van der Waals surface area contributed by atoms with Gasteiger partial charge in [0.15, 0.2) is 0 Å². The van der Waals surface area contributed by atoms with Crippen LogP contribution in [0.15, 0.2) is 0 Å². The number of nitrogens with two attached hydrogens (primary N) is 1. The van der Waals surface area contributed by atoms with Gasteiger partial charge in [0.2, 0.25) is 5.91 Å². The number of hydrogen-bond acceptors (Lipinski definition) is 3. The van der Waals surface area contributed by atoms with E-state index in [4.69, 9.17) is 5.73 Å². The van der Waals surface area contributed by atoms with Gasteiger partial charge in [-0.05, 0) is 52.6 Å². The van der Waals surface area contributed by atoms with Gasteiger partial charge >= 0.3 is 0 Å². The third-order valence-corrected chi connectivity index (χ3v) is 4.02. The van der Waals surface area contributed by atoms with Crippen molar-refractivity contribution in [2.75, 3.05) is 20.1 Å². The maximum Gasteiger partial charge on any atom is 0.237 e. The van der Waals surface area contributed by atoms with Gasteiger partial charge in [0.1, 0.15) is 0 Å². The molecular weight excluding hydrogens is 214 g/mol. The fourth-order valence-corrected chi connectivity index (χ4v) is 2.30. The lowest BCUT2D eigenvalue weighted by Crippen LogP contribution is -2.55. The van der Waals surface area contributed by atoms with Crippen molar-refractivity contribution in [1.29, 1.82) is 0 Å². The zero-order valence-electron chi connectivity index (χ0n) is 11.6. The molecule has 0 heterocycles. The van der Waals surface area contributed by atoms with Crippen LogP contribution >= 0.6 is 0 Å². The van der Waals surface area contributed by atoms with Crippen LogP contribution in [-0.2, 0) is 4.79 Å². The summed E-state index contributed by atoms with van der Waals surface area (Å²) in [6.45, 7) is 8.45. The minimum atomic E-state index is -0.601. The molecule has 17 heavy (non-hydrogen) atoms. The molecular formula is C13H27N3O. The molecule has 0 aromatic rings. The van der Waals surface area contributed by atoms with E-state index in [0.29, 0.717) is 6.04 Å². The molecule has 0 saturated heterocycles. The van der Waals surface area contributed by atoms with Crippen LogP contribution in [-0.4, -0.2) is 42.5 Å². The van der Waals surface area contributed by atoms with Crippen molar-refractivity contribution >= 4 is 5.91 Å². The molecule has 0 bridgehead atoms. The van der Waals surface area contributed by atoms with Crippen molar-refractivity contribution in [3.63, 3.8) is 0 Å². The molecule has 3 N–H and O–H groups in total. The number of nitrogens with one attached hydrogen (secondary N) is 1. The topological polar surface area (TPSA) is 58.4 Å². The molecule has 1 fully saturated rings. The van der Waals surface area contributed by atoms with E-state index in [9.17, 15) is 4.79 Å². The summed E-state index contributed by atoms with van der Waals surface area (Å²) in [5.41, 5.74) is 4.86. The van der Waals surface area contributed by atoms with Crippen LogP contribution in [0.2, 0.25) is 0 Å². The van der Waals surface area contributed by atoms with Crippen LogP contribution in [0.3, 0.4) is 0 Å². The first-order valence-electron chi connectivity index (χ1n) is 6.65. The highest BCUT2D eigenvalue weighted by Gasteiger charge is 2.34. The van der Waals surface area contributed by atoms with Gasteiger partial charge < -0.3 is 16.0 Å². The number of nitrogens with zero attached hydrogens (tertiary/aromatic N) is 1. The lowest BCUT2D eigenvalue weighted by atomic mass is 9.92. The number of amides is 1. The molecule has 0 aromatic heterocycles. The van der Waals surface area contributed by atoms with Gasteiger partial charge in [-0.25, -0.2) is 0 Å². The molecule has 0 radical (unpaired) electrons. The maximum absolute atomic E-state index is 11.5. The summed E-state index contributed by atoms with van der Waals surface area (Å²) >= 11 is 0. The number of rotatable bonds is 8. The second-order valence-electron chi connectivity index (χ2n) is 5.53. The summed E-state index contributed by atoms with van der Waals surface area (Å²) in [6.07, 6.45) is 3.49. The Morgan fingerprint density at radius 2 is 2.18 bits per heavy atom. The predicted octanol–water partition coefficient (Wildman–Crippen LogP) is 0.960. The Bertz CT molecular complexity index is 265. The first kappa shape index (κ1) is 14.5. The largest absolute Gasteiger partial charge is 0.368 e. The smallest absolute Gasteiger partial charge is 0.237 e. The van der Waals surface area contributed by atoms with Crippen molar-refractivity contribution in [2.45, 2.75) is 51.6 Å². The Labute approximate surface area is 105 Å². The molecule has 1 rings (SSSR count). The van der Waals surface area contributed by atoms with E-state index < -0.39 is 5.54 Å². The Morgan fingerprint density at radius 1 is 1.59 bits per heavy atom. The highest BCUT2D eigenvalue weighted by atomic mass is 16.1. The summed E-state index contributed by atoms with van der Waals surface area (Å²) < 4.78 is 0. The monoisotopic (exact) mass is 241 g/mol. The van der Waals surface area contributed by atoms with Gasteiger partial charge in [-0.3, -0.25) is 4.79 Å². The van der Waals surface area contributed by atoms with Crippen LogP contribution in [0.4, 0.5) is 0 Å². The Balaban J connectivity index is 2.54. The molecule has 0 aromatic carbocycles. The molecule has 1 aliphatic rings. The van der Waals surface area contributed by atoms with Crippen LogP contribution in [0.1, 0.15) is 40.0 Å². The third-order valence-electron chi connectivity index (χ3n) is 4.02. The molecule has 2 unspecified atom stereocenters. The van der Waals surface area contributed by atoms with E-state index in [1.807, 2.05) is 6.92 Å². The molecule has 1 saturated carbocycles. The summed E-state index contributed by atoms with van der Waals surface area (Å²) in [5.74, 6) is 0.612. The van der Waals surface area contributed by atoms with Crippen LogP contribution in [0.25, 0.3) is 0 Å². The van der Waals surface area contributed by atoms with E-state index >= 15 is 0 Å². The van der Waals surface area contributed by atoms with Gasteiger partial charge in [0.25, 0.3) is 0 Å². The van der Waals surface area contributed by atoms with Gasteiger partial charge in [-0.15, -0.1) is 0 Å². The van der Waals surface area contributed by atoms with Crippen LogP contribution in [0.5, 0.6) is 0 Å². The zero-order valence-corrected chi connectivity index (χ0v) is 11.6. The first-order valence-corrected chi connectivity index (χ1v) is 6.65. The minimum absolute atomic E-state index is 0.269. The van der Waals surface area contributed by atoms with E-state index in [0.717, 1.165) is 25.4 Å². The number of primary amides is 1. The maximum atomic E-state index is 11.5. The highest BCUT2D eigenvalue weighted by Crippen LogP contribution is 2.31. The summed E-state index contributed by atoms with van der Waals surface area (Å²) in [5, 5.41) is 3.06. The quantitative estimate of drug-likeness (QED) is 0.665. The van der Waals surface area contributed by atoms with Crippen LogP contribution in [0, 0.1) is 5.92 Å². The van der Waals surface area contributed by atoms with Gasteiger partial charge in [-0.2, -0.15) is 0 Å². The summed E-state index contributed by atoms with van der Waals surface area (Å²) in [4.78, 5) is 13.9. The first-order chi connectivity index (χ1) is 7.92. The van der Waals surface area contributed by atoms with Crippen molar-refractivity contribution in [1.82, 2.24) is 10.2 Å². The number of carbonyl (C=O) groups is 1. The second kappa shape index (κ2) is 5.83. The Morgan fingerprint density at radius 3 is 2.53 bits per heavy atom. The van der Waals surface area contributed by atoms with Gasteiger partial charge in [0, 0.05) is 12.6 Å². The van der Waals surface area contributed by atoms with Crippen molar-refractivity contribution in [3.05, 3.63) is 0 Å². The Kier molecular flexibility index (Phi) is 4.95. The fourth-order valence-electron chi connectivity index (χ4n) is 2.30. The molecule has 4 nitrogen and oxygen atoms in total. The molecule has 1 amide bonds. The van der Waals surface area contributed by atoms with E-state index in [1.54, 1.807) is 7.05 Å². The number of carbonyl (C=O) groups excluding carboxylic acids is 1. The summed E-state index contributed by atoms with van der Waals surface area (Å²) in [6, 6.07) is 0.380. The van der Waals surface area contributed by atoms with Crippen molar-refractivity contribution in [3.8, 4) is 0 Å². The lowest BCUT2D eigenvalue weighted by Gasteiger charge is -2.34. The van der Waals surface area contributed by atoms with Crippen molar-refractivity contribution in [2.24, 2.45) is 11.7 Å². The summed E-state index contributed by atoms with van der Waals surface area (Å²) in [7, 11) is 1.80.